The Morgan fingerprint density at radius 3 is 2.26 bits per heavy atom. The lowest BCUT2D eigenvalue weighted by Crippen LogP contribution is -2.28. The summed E-state index contributed by atoms with van der Waals surface area (Å²) in [5.41, 5.74) is 2.82. The van der Waals surface area contributed by atoms with Gasteiger partial charge in [-0.1, -0.05) is 32.9 Å². The van der Waals surface area contributed by atoms with Crippen molar-refractivity contribution in [2.45, 2.75) is 32.6 Å². The van der Waals surface area contributed by atoms with Crippen molar-refractivity contribution in [3.63, 3.8) is 0 Å². The fourth-order valence-electron chi connectivity index (χ4n) is 3.19. The van der Waals surface area contributed by atoms with E-state index in [1.165, 1.54) is 5.56 Å². The van der Waals surface area contributed by atoms with Gasteiger partial charge in [0.05, 0.1) is 13.0 Å². The molecule has 142 valence electrons. The summed E-state index contributed by atoms with van der Waals surface area (Å²) in [4.78, 5) is 26.6. The Kier molecular flexibility index (Phi) is 5.22. The number of carbonyl (C=O) groups is 2. The van der Waals surface area contributed by atoms with Crippen LogP contribution in [0.15, 0.2) is 48.5 Å². The number of hydrogen-bond donors (Lipinski definition) is 1. The van der Waals surface area contributed by atoms with E-state index in [4.69, 9.17) is 4.74 Å². The van der Waals surface area contributed by atoms with Crippen molar-refractivity contribution >= 4 is 23.2 Å². The summed E-state index contributed by atoms with van der Waals surface area (Å²) in [5.74, 6) is 0.214. The quantitative estimate of drug-likeness (QED) is 0.890. The van der Waals surface area contributed by atoms with Gasteiger partial charge in [0.1, 0.15) is 5.75 Å². The topological polar surface area (TPSA) is 58.6 Å². The molecule has 5 heteroatoms. The summed E-state index contributed by atoms with van der Waals surface area (Å²) >= 11 is 0. The zero-order valence-electron chi connectivity index (χ0n) is 16.3. The SMILES string of the molecule is COc1ccc(N2CC(C(=O)Nc3ccc(C(C)(C)C)cc3)CC2=O)cc1. The van der Waals surface area contributed by atoms with Crippen LogP contribution < -0.4 is 15.0 Å². The molecule has 3 rings (SSSR count). The Balaban J connectivity index is 1.65. The number of hydrogen-bond acceptors (Lipinski definition) is 3. The normalized spacial score (nSPS) is 17.1. The number of methoxy groups -OCH3 is 1. The van der Waals surface area contributed by atoms with E-state index in [9.17, 15) is 9.59 Å². The van der Waals surface area contributed by atoms with Gasteiger partial charge in [-0.05, 0) is 47.4 Å². The summed E-state index contributed by atoms with van der Waals surface area (Å²) in [5, 5.41) is 2.94. The van der Waals surface area contributed by atoms with Crippen LogP contribution in [0.25, 0.3) is 0 Å². The van der Waals surface area contributed by atoms with Crippen LogP contribution in [0.1, 0.15) is 32.8 Å². The third-order valence-corrected chi connectivity index (χ3v) is 4.90. The molecule has 0 aromatic heterocycles. The number of ether oxygens (including phenoxy) is 1. The van der Waals surface area contributed by atoms with Crippen molar-refractivity contribution in [2.75, 3.05) is 23.9 Å². The highest BCUT2D eigenvalue weighted by Gasteiger charge is 2.35. The van der Waals surface area contributed by atoms with Crippen molar-refractivity contribution < 1.29 is 14.3 Å². The number of nitrogens with zero attached hydrogens (tertiary/aromatic N) is 1. The second kappa shape index (κ2) is 7.43. The third-order valence-electron chi connectivity index (χ3n) is 4.90. The summed E-state index contributed by atoms with van der Waals surface area (Å²) in [6.45, 7) is 6.84. The Hall–Kier alpha value is -2.82. The molecule has 0 bridgehead atoms. The fraction of sp³-hybridized carbons (Fsp3) is 0.364. The van der Waals surface area contributed by atoms with Gasteiger partial charge in [-0.2, -0.15) is 0 Å². The number of amides is 2. The van der Waals surface area contributed by atoms with Gasteiger partial charge in [0, 0.05) is 24.3 Å². The molecule has 1 aliphatic rings. The van der Waals surface area contributed by atoms with Crippen molar-refractivity contribution in [2.24, 2.45) is 5.92 Å². The van der Waals surface area contributed by atoms with Crippen LogP contribution in [0.3, 0.4) is 0 Å². The van der Waals surface area contributed by atoms with E-state index in [0.29, 0.717) is 6.54 Å². The van der Waals surface area contributed by atoms with E-state index in [1.807, 2.05) is 48.5 Å². The molecular formula is C22H26N2O3. The standard InChI is InChI=1S/C22H26N2O3/c1-22(2,3)16-5-7-17(8-6-16)23-21(26)15-13-20(25)24(14-15)18-9-11-19(27-4)12-10-18/h5-12,15H,13-14H2,1-4H3,(H,23,26). The number of rotatable bonds is 4. The minimum absolute atomic E-state index is 0.0385. The van der Waals surface area contributed by atoms with Crippen LogP contribution >= 0.6 is 0 Å². The lowest BCUT2D eigenvalue weighted by atomic mass is 9.87. The monoisotopic (exact) mass is 366 g/mol. The molecule has 1 atom stereocenters. The lowest BCUT2D eigenvalue weighted by molar-refractivity contribution is -0.122. The Morgan fingerprint density at radius 1 is 1.07 bits per heavy atom. The molecule has 5 nitrogen and oxygen atoms in total. The first kappa shape index (κ1) is 19.0. The highest BCUT2D eigenvalue weighted by molar-refractivity contribution is 6.03. The zero-order chi connectivity index (χ0) is 19.6. The molecule has 0 saturated carbocycles. The van der Waals surface area contributed by atoms with Crippen molar-refractivity contribution in [3.05, 3.63) is 54.1 Å². The number of nitrogens with one attached hydrogen (secondary N) is 1. The van der Waals surface area contributed by atoms with Crippen LogP contribution in [0.2, 0.25) is 0 Å². The first-order chi connectivity index (χ1) is 12.8. The molecule has 2 amide bonds. The Labute approximate surface area is 160 Å². The van der Waals surface area contributed by atoms with Gasteiger partial charge in [0.15, 0.2) is 0 Å². The molecule has 2 aromatic carbocycles. The summed E-state index contributed by atoms with van der Waals surface area (Å²) in [6.07, 6.45) is 0.220. The summed E-state index contributed by atoms with van der Waals surface area (Å²) < 4.78 is 5.15. The first-order valence-electron chi connectivity index (χ1n) is 9.14. The maximum Gasteiger partial charge on any atom is 0.229 e. The van der Waals surface area contributed by atoms with E-state index >= 15 is 0 Å². The molecule has 0 aliphatic carbocycles. The lowest BCUT2D eigenvalue weighted by Gasteiger charge is -2.19. The van der Waals surface area contributed by atoms with E-state index in [0.717, 1.165) is 17.1 Å². The molecule has 27 heavy (non-hydrogen) atoms. The Bertz CT molecular complexity index is 820. The van der Waals surface area contributed by atoms with Crippen LogP contribution in [0, 0.1) is 5.92 Å². The van der Waals surface area contributed by atoms with Gasteiger partial charge in [-0.25, -0.2) is 0 Å². The number of anilines is 2. The second-order valence-electron chi connectivity index (χ2n) is 7.92. The van der Waals surface area contributed by atoms with E-state index in [1.54, 1.807) is 12.0 Å². The minimum Gasteiger partial charge on any atom is -0.497 e. The first-order valence-corrected chi connectivity index (χ1v) is 9.14. The van der Waals surface area contributed by atoms with E-state index < -0.39 is 0 Å². The van der Waals surface area contributed by atoms with Gasteiger partial charge in [0.2, 0.25) is 11.8 Å². The zero-order valence-corrected chi connectivity index (χ0v) is 16.3. The van der Waals surface area contributed by atoms with Gasteiger partial charge in [-0.15, -0.1) is 0 Å². The van der Waals surface area contributed by atoms with Gasteiger partial charge < -0.3 is 15.0 Å². The molecule has 0 radical (unpaired) electrons. The van der Waals surface area contributed by atoms with Crippen LogP contribution in [0.4, 0.5) is 11.4 Å². The molecule has 1 heterocycles. The van der Waals surface area contributed by atoms with Gasteiger partial charge in [-0.3, -0.25) is 9.59 Å². The number of benzene rings is 2. The third kappa shape index (κ3) is 4.30. The Morgan fingerprint density at radius 2 is 1.70 bits per heavy atom. The van der Waals surface area contributed by atoms with Gasteiger partial charge in [0.25, 0.3) is 0 Å². The molecule has 0 spiro atoms. The molecular weight excluding hydrogens is 340 g/mol. The maximum absolute atomic E-state index is 12.6. The fourth-order valence-corrected chi connectivity index (χ4v) is 3.19. The number of carbonyl (C=O) groups excluding carboxylic acids is 2. The molecule has 1 aliphatic heterocycles. The summed E-state index contributed by atoms with van der Waals surface area (Å²) in [7, 11) is 1.60. The second-order valence-corrected chi connectivity index (χ2v) is 7.92. The maximum atomic E-state index is 12.6. The van der Waals surface area contributed by atoms with Crippen molar-refractivity contribution in [3.8, 4) is 5.75 Å². The molecule has 1 saturated heterocycles. The van der Waals surface area contributed by atoms with Gasteiger partial charge >= 0.3 is 0 Å². The van der Waals surface area contributed by atoms with Crippen molar-refractivity contribution in [1.82, 2.24) is 0 Å². The van der Waals surface area contributed by atoms with Crippen LogP contribution in [-0.4, -0.2) is 25.5 Å². The average Bonchev–Trinajstić information content (AvgIpc) is 3.03. The summed E-state index contributed by atoms with van der Waals surface area (Å²) in [6, 6.07) is 15.2. The average molecular weight is 366 g/mol. The molecule has 2 aromatic rings. The predicted molar refractivity (Wildman–Crippen MR) is 107 cm³/mol. The largest absolute Gasteiger partial charge is 0.497 e. The molecule has 1 unspecified atom stereocenters. The minimum atomic E-state index is -0.359. The van der Waals surface area contributed by atoms with E-state index in [2.05, 4.69) is 26.1 Å². The van der Waals surface area contributed by atoms with Crippen molar-refractivity contribution in [1.29, 1.82) is 0 Å². The highest BCUT2D eigenvalue weighted by atomic mass is 16.5. The van der Waals surface area contributed by atoms with Crippen LogP contribution in [-0.2, 0) is 15.0 Å². The predicted octanol–water partition coefficient (Wildman–Crippen LogP) is 3.98. The van der Waals surface area contributed by atoms with Crippen LogP contribution in [0.5, 0.6) is 5.75 Å². The van der Waals surface area contributed by atoms with E-state index in [-0.39, 0.29) is 29.6 Å². The highest BCUT2D eigenvalue weighted by Crippen LogP contribution is 2.28. The smallest absolute Gasteiger partial charge is 0.229 e. The molecule has 1 fully saturated rings. The molecule has 1 N–H and O–H groups in total.